The predicted octanol–water partition coefficient (Wildman–Crippen LogP) is 1.24. The van der Waals surface area contributed by atoms with Gasteiger partial charge in [0.15, 0.2) is 11.5 Å². The lowest BCUT2D eigenvalue weighted by atomic mass is 10.2. The van der Waals surface area contributed by atoms with E-state index >= 15 is 0 Å². The molecule has 0 saturated heterocycles. The van der Waals surface area contributed by atoms with Crippen LogP contribution in [0.15, 0.2) is 18.2 Å². The molecule has 1 heterocycles. The molecule has 1 aliphatic heterocycles. The zero-order valence-electron chi connectivity index (χ0n) is 11.4. The second kappa shape index (κ2) is 6.78. The summed E-state index contributed by atoms with van der Waals surface area (Å²) in [5.74, 6) is 1.22. The van der Waals surface area contributed by atoms with Crippen LogP contribution in [-0.4, -0.2) is 44.2 Å². The molecule has 0 saturated carbocycles. The Morgan fingerprint density at radius 2 is 2.15 bits per heavy atom. The Labute approximate surface area is 117 Å². The minimum atomic E-state index is -0.123. The number of carbonyl (C=O) groups is 1. The normalized spacial score (nSPS) is 12.8. The van der Waals surface area contributed by atoms with Gasteiger partial charge in [0.1, 0.15) is 13.2 Å². The number of rotatable bonds is 5. The summed E-state index contributed by atoms with van der Waals surface area (Å²) in [5, 5.41) is 11.3. The molecule has 0 atom stereocenters. The number of nitriles is 1. The molecule has 1 aliphatic rings. The number of ether oxygens (including phenoxy) is 2. The largest absolute Gasteiger partial charge is 0.486 e. The van der Waals surface area contributed by atoms with E-state index in [-0.39, 0.29) is 12.5 Å². The average Bonchev–Trinajstić information content (AvgIpc) is 2.44. The number of carbonyl (C=O) groups excluding carboxylic acids is 1. The standard InChI is InChI=1S/C14H17N3O3/c1-17(6-2-5-15)10-14(18)16-11-3-4-12-13(9-11)20-8-7-19-12/h3-4,9H,2,6-8,10H2,1H3,(H,16,18). The molecular formula is C14H17N3O3. The lowest BCUT2D eigenvalue weighted by molar-refractivity contribution is -0.117. The van der Waals surface area contributed by atoms with Gasteiger partial charge in [-0.05, 0) is 19.2 Å². The molecule has 6 nitrogen and oxygen atoms in total. The molecule has 1 N–H and O–H groups in total. The third-order valence-electron chi connectivity index (χ3n) is 2.84. The van der Waals surface area contributed by atoms with Gasteiger partial charge in [0, 0.05) is 24.7 Å². The number of amides is 1. The molecular weight excluding hydrogens is 258 g/mol. The molecule has 106 valence electrons. The second-order valence-corrected chi connectivity index (χ2v) is 4.55. The summed E-state index contributed by atoms with van der Waals surface area (Å²) in [6, 6.07) is 7.36. The number of likely N-dealkylation sites (N-methyl/N-ethyl adjacent to an activating group) is 1. The maximum absolute atomic E-state index is 11.8. The summed E-state index contributed by atoms with van der Waals surface area (Å²) in [6.07, 6.45) is 0.411. The van der Waals surface area contributed by atoms with Gasteiger partial charge in [0.25, 0.3) is 0 Å². The molecule has 20 heavy (non-hydrogen) atoms. The van der Waals surface area contributed by atoms with Crippen LogP contribution in [0.25, 0.3) is 0 Å². The lowest BCUT2D eigenvalue weighted by Gasteiger charge is -2.19. The van der Waals surface area contributed by atoms with E-state index in [1.165, 1.54) is 0 Å². The van der Waals surface area contributed by atoms with Crippen LogP contribution in [0.3, 0.4) is 0 Å². The summed E-state index contributed by atoms with van der Waals surface area (Å²) < 4.78 is 10.9. The molecule has 0 spiro atoms. The minimum absolute atomic E-state index is 0.123. The molecule has 1 aromatic rings. The molecule has 0 fully saturated rings. The van der Waals surface area contributed by atoms with Crippen molar-refractivity contribution in [2.75, 3.05) is 38.7 Å². The molecule has 0 unspecified atom stereocenters. The quantitative estimate of drug-likeness (QED) is 0.875. The number of fused-ring (bicyclic) bond motifs is 1. The van der Waals surface area contributed by atoms with Crippen LogP contribution >= 0.6 is 0 Å². The smallest absolute Gasteiger partial charge is 0.238 e. The molecule has 1 amide bonds. The summed E-state index contributed by atoms with van der Waals surface area (Å²) in [5.41, 5.74) is 0.674. The highest BCUT2D eigenvalue weighted by Crippen LogP contribution is 2.32. The summed E-state index contributed by atoms with van der Waals surface area (Å²) in [7, 11) is 1.81. The van der Waals surface area contributed by atoms with E-state index in [1.807, 2.05) is 0 Å². The first-order valence-corrected chi connectivity index (χ1v) is 6.44. The molecule has 1 aromatic carbocycles. The fourth-order valence-corrected chi connectivity index (χ4v) is 1.89. The lowest BCUT2D eigenvalue weighted by Crippen LogP contribution is -2.30. The van der Waals surface area contributed by atoms with Crippen molar-refractivity contribution in [3.63, 3.8) is 0 Å². The van der Waals surface area contributed by atoms with Crippen LogP contribution in [0.4, 0.5) is 5.69 Å². The van der Waals surface area contributed by atoms with E-state index in [0.717, 1.165) is 0 Å². The zero-order chi connectivity index (χ0) is 14.4. The minimum Gasteiger partial charge on any atom is -0.486 e. The van der Waals surface area contributed by atoms with Crippen molar-refractivity contribution < 1.29 is 14.3 Å². The third kappa shape index (κ3) is 3.87. The van der Waals surface area contributed by atoms with Crippen LogP contribution in [0.5, 0.6) is 11.5 Å². The first-order chi connectivity index (χ1) is 9.69. The number of anilines is 1. The number of hydrogen-bond acceptors (Lipinski definition) is 5. The summed E-state index contributed by atoms with van der Waals surface area (Å²) in [4.78, 5) is 13.6. The number of benzene rings is 1. The average molecular weight is 275 g/mol. The topological polar surface area (TPSA) is 74.6 Å². The van der Waals surface area contributed by atoms with E-state index in [4.69, 9.17) is 14.7 Å². The fourth-order valence-electron chi connectivity index (χ4n) is 1.89. The highest BCUT2D eigenvalue weighted by Gasteiger charge is 2.13. The van der Waals surface area contributed by atoms with E-state index < -0.39 is 0 Å². The Morgan fingerprint density at radius 3 is 2.90 bits per heavy atom. The number of hydrogen-bond donors (Lipinski definition) is 1. The van der Waals surface area contributed by atoms with E-state index in [0.29, 0.717) is 43.4 Å². The SMILES string of the molecule is CN(CCC#N)CC(=O)Nc1ccc2c(c1)OCCO2. The molecule has 0 aliphatic carbocycles. The molecule has 0 aromatic heterocycles. The first-order valence-electron chi connectivity index (χ1n) is 6.44. The van der Waals surface area contributed by atoms with E-state index in [2.05, 4.69) is 11.4 Å². The second-order valence-electron chi connectivity index (χ2n) is 4.55. The number of nitrogens with zero attached hydrogens (tertiary/aromatic N) is 2. The Bertz CT molecular complexity index is 525. The van der Waals surface area contributed by atoms with Crippen molar-refractivity contribution in [1.29, 1.82) is 5.26 Å². The summed E-state index contributed by atoms with van der Waals surface area (Å²) in [6.45, 7) is 1.88. The molecule has 0 bridgehead atoms. The van der Waals surface area contributed by atoms with Crippen molar-refractivity contribution in [2.24, 2.45) is 0 Å². The van der Waals surface area contributed by atoms with Gasteiger partial charge in [-0.15, -0.1) is 0 Å². The van der Waals surface area contributed by atoms with Gasteiger partial charge in [0.05, 0.1) is 12.6 Å². The maximum Gasteiger partial charge on any atom is 0.238 e. The Morgan fingerprint density at radius 1 is 1.40 bits per heavy atom. The van der Waals surface area contributed by atoms with Gasteiger partial charge >= 0.3 is 0 Å². The molecule has 0 radical (unpaired) electrons. The van der Waals surface area contributed by atoms with Gasteiger partial charge in [-0.2, -0.15) is 5.26 Å². The Hall–Kier alpha value is -2.26. The fraction of sp³-hybridized carbons (Fsp3) is 0.429. The van der Waals surface area contributed by atoms with Gasteiger partial charge < -0.3 is 14.8 Å². The zero-order valence-corrected chi connectivity index (χ0v) is 11.4. The highest BCUT2D eigenvalue weighted by atomic mass is 16.6. The molecule has 6 heteroatoms. The van der Waals surface area contributed by atoms with Crippen molar-refractivity contribution in [2.45, 2.75) is 6.42 Å². The maximum atomic E-state index is 11.8. The Balaban J connectivity index is 1.89. The van der Waals surface area contributed by atoms with Gasteiger partial charge in [-0.1, -0.05) is 0 Å². The first kappa shape index (κ1) is 14.2. The van der Waals surface area contributed by atoms with Crippen molar-refractivity contribution in [3.8, 4) is 17.6 Å². The van der Waals surface area contributed by atoms with Crippen LogP contribution in [0.1, 0.15) is 6.42 Å². The predicted molar refractivity (Wildman–Crippen MR) is 73.8 cm³/mol. The third-order valence-corrected chi connectivity index (χ3v) is 2.84. The van der Waals surface area contributed by atoms with E-state index in [9.17, 15) is 4.79 Å². The van der Waals surface area contributed by atoms with Crippen molar-refractivity contribution in [1.82, 2.24) is 4.90 Å². The van der Waals surface area contributed by atoms with Gasteiger partial charge in [-0.25, -0.2) is 0 Å². The van der Waals surface area contributed by atoms with Crippen LogP contribution in [0.2, 0.25) is 0 Å². The monoisotopic (exact) mass is 275 g/mol. The van der Waals surface area contributed by atoms with Gasteiger partial charge in [0.2, 0.25) is 5.91 Å². The van der Waals surface area contributed by atoms with Crippen LogP contribution < -0.4 is 14.8 Å². The number of nitrogens with one attached hydrogen (secondary N) is 1. The van der Waals surface area contributed by atoms with Crippen molar-refractivity contribution >= 4 is 11.6 Å². The van der Waals surface area contributed by atoms with Crippen molar-refractivity contribution in [3.05, 3.63) is 18.2 Å². The van der Waals surface area contributed by atoms with Crippen LogP contribution in [0, 0.1) is 11.3 Å². The van der Waals surface area contributed by atoms with Gasteiger partial charge in [-0.3, -0.25) is 9.69 Å². The molecule has 2 rings (SSSR count). The van der Waals surface area contributed by atoms with E-state index in [1.54, 1.807) is 30.1 Å². The van der Waals surface area contributed by atoms with Crippen LogP contribution in [-0.2, 0) is 4.79 Å². The summed E-state index contributed by atoms with van der Waals surface area (Å²) >= 11 is 0. The highest BCUT2D eigenvalue weighted by molar-refractivity contribution is 5.92. The Kier molecular flexibility index (Phi) is 4.80.